The molecule has 2 heterocycles. The molecule has 1 atom stereocenters. The van der Waals surface area contributed by atoms with Gasteiger partial charge in [0.05, 0.1) is 18.3 Å². The van der Waals surface area contributed by atoms with Crippen LogP contribution in [0.2, 0.25) is 0 Å². The van der Waals surface area contributed by atoms with Crippen LogP contribution in [0.1, 0.15) is 56.3 Å². The number of hydrazone groups is 1. The van der Waals surface area contributed by atoms with Gasteiger partial charge in [0.1, 0.15) is 5.56 Å². The fourth-order valence-electron chi connectivity index (χ4n) is 4.54. The Morgan fingerprint density at radius 1 is 1.06 bits per heavy atom. The van der Waals surface area contributed by atoms with E-state index in [0.717, 1.165) is 34.5 Å². The highest BCUT2D eigenvalue weighted by atomic mass is 16.3. The highest BCUT2D eigenvalue weighted by molar-refractivity contribution is 6.04. The lowest BCUT2D eigenvalue weighted by molar-refractivity contribution is -0.132. The van der Waals surface area contributed by atoms with Crippen LogP contribution in [0.25, 0.3) is 0 Å². The molecule has 188 valence electrons. The number of aromatic nitrogens is 2. The van der Waals surface area contributed by atoms with Crippen molar-refractivity contribution in [2.75, 3.05) is 18.0 Å². The van der Waals surface area contributed by atoms with Crippen molar-refractivity contribution in [3.63, 3.8) is 0 Å². The van der Waals surface area contributed by atoms with Gasteiger partial charge in [0.15, 0.2) is 0 Å². The number of anilines is 1. The number of hydrogen-bond acceptors (Lipinski definition) is 6. The number of aromatic amines is 1. The van der Waals surface area contributed by atoms with Crippen molar-refractivity contribution in [1.29, 1.82) is 0 Å². The summed E-state index contributed by atoms with van der Waals surface area (Å²) in [4.78, 5) is 42.6. The van der Waals surface area contributed by atoms with Gasteiger partial charge in [-0.15, -0.1) is 0 Å². The molecule has 0 saturated carbocycles. The van der Waals surface area contributed by atoms with E-state index in [4.69, 9.17) is 0 Å². The van der Waals surface area contributed by atoms with Gasteiger partial charge in [0, 0.05) is 31.6 Å². The minimum atomic E-state index is -0.734. The predicted molar refractivity (Wildman–Crippen MR) is 140 cm³/mol. The van der Waals surface area contributed by atoms with Crippen molar-refractivity contribution in [1.82, 2.24) is 14.6 Å². The second-order valence-electron chi connectivity index (χ2n) is 8.65. The van der Waals surface area contributed by atoms with Crippen molar-refractivity contribution in [3.05, 3.63) is 92.1 Å². The number of carbonyl (C=O) groups excluding carboxylic acids is 1. The smallest absolute Gasteiger partial charge is 0.331 e. The highest BCUT2D eigenvalue weighted by Gasteiger charge is 2.35. The molecular formula is C27H31N5O4. The molecule has 0 radical (unpaired) electrons. The average molecular weight is 490 g/mol. The third-order valence-electron chi connectivity index (χ3n) is 6.52. The Balaban J connectivity index is 1.72. The molecule has 9 heteroatoms. The third kappa shape index (κ3) is 4.82. The summed E-state index contributed by atoms with van der Waals surface area (Å²) in [5.41, 5.74) is 1.46. The van der Waals surface area contributed by atoms with E-state index in [9.17, 15) is 19.5 Å². The standard InChI is InChI=1S/C27H31N5O4/c1-4-23(33)32-22(19-12-14-20(15-13-19)30(5-2)6-3)16-21(29-32)24-25(34)28-27(36)31(26(24)35)17-18-10-8-7-9-11-18/h7-15,22,35H,4-6,16-17H2,1-3H3,(H,28,34,36)/t22-/m0/s1. The number of H-pyrrole nitrogens is 1. The van der Waals surface area contributed by atoms with Gasteiger partial charge in [-0.2, -0.15) is 5.10 Å². The van der Waals surface area contributed by atoms with Gasteiger partial charge in [-0.1, -0.05) is 49.4 Å². The number of rotatable bonds is 8. The molecule has 0 unspecified atom stereocenters. The van der Waals surface area contributed by atoms with Crippen molar-refractivity contribution in [2.24, 2.45) is 5.10 Å². The first-order chi connectivity index (χ1) is 17.4. The van der Waals surface area contributed by atoms with E-state index in [0.29, 0.717) is 0 Å². The largest absolute Gasteiger partial charge is 0.494 e. The van der Waals surface area contributed by atoms with Crippen LogP contribution < -0.4 is 16.1 Å². The van der Waals surface area contributed by atoms with Gasteiger partial charge in [0.2, 0.25) is 11.8 Å². The summed E-state index contributed by atoms with van der Waals surface area (Å²) in [6.07, 6.45) is 0.469. The molecule has 3 aromatic rings. The first-order valence-corrected chi connectivity index (χ1v) is 12.2. The fraction of sp³-hybridized carbons (Fsp3) is 0.333. The number of amides is 1. The van der Waals surface area contributed by atoms with Crippen LogP contribution >= 0.6 is 0 Å². The third-order valence-corrected chi connectivity index (χ3v) is 6.52. The molecular weight excluding hydrogens is 458 g/mol. The Kier molecular flexibility index (Phi) is 7.38. The molecule has 9 nitrogen and oxygen atoms in total. The molecule has 2 N–H and O–H groups in total. The number of aromatic hydroxyl groups is 1. The highest BCUT2D eigenvalue weighted by Crippen LogP contribution is 2.35. The second kappa shape index (κ2) is 10.6. The Bertz CT molecular complexity index is 1370. The zero-order chi connectivity index (χ0) is 25.8. The Morgan fingerprint density at radius 3 is 2.33 bits per heavy atom. The molecule has 0 saturated heterocycles. The lowest BCUT2D eigenvalue weighted by Gasteiger charge is -2.24. The SMILES string of the molecule is CCC(=O)N1N=C(c2c(O)n(Cc3ccccc3)c(=O)[nH]c2=O)C[C@H]1c1ccc(N(CC)CC)cc1. The first kappa shape index (κ1) is 25.0. The lowest BCUT2D eigenvalue weighted by atomic mass is 9.98. The monoisotopic (exact) mass is 489 g/mol. The number of carbonyl (C=O) groups is 1. The summed E-state index contributed by atoms with van der Waals surface area (Å²) in [6, 6.07) is 16.7. The van der Waals surface area contributed by atoms with E-state index in [1.165, 1.54) is 5.01 Å². The summed E-state index contributed by atoms with van der Waals surface area (Å²) in [6.45, 7) is 7.79. The van der Waals surface area contributed by atoms with E-state index in [1.807, 2.05) is 54.6 Å². The number of nitrogens with one attached hydrogen (secondary N) is 1. The first-order valence-electron chi connectivity index (χ1n) is 12.2. The number of nitrogens with zero attached hydrogens (tertiary/aromatic N) is 4. The van der Waals surface area contributed by atoms with E-state index in [-0.39, 0.29) is 36.6 Å². The van der Waals surface area contributed by atoms with Crippen LogP contribution in [0, 0.1) is 0 Å². The number of benzene rings is 2. The Hall–Kier alpha value is -4.14. The molecule has 4 rings (SSSR count). The van der Waals surface area contributed by atoms with Gasteiger partial charge < -0.3 is 10.0 Å². The molecule has 1 aliphatic rings. The summed E-state index contributed by atoms with van der Waals surface area (Å²) < 4.78 is 1.10. The van der Waals surface area contributed by atoms with Crippen molar-refractivity contribution in [2.45, 2.75) is 46.2 Å². The molecule has 0 spiro atoms. The maximum absolute atomic E-state index is 12.8. The summed E-state index contributed by atoms with van der Waals surface area (Å²) in [5.74, 6) is -0.663. The van der Waals surface area contributed by atoms with Crippen LogP contribution in [-0.4, -0.2) is 44.4 Å². The molecule has 1 aromatic heterocycles. The van der Waals surface area contributed by atoms with E-state index in [2.05, 4.69) is 28.8 Å². The molecule has 1 aliphatic heterocycles. The molecule has 0 fully saturated rings. The van der Waals surface area contributed by atoms with Gasteiger partial charge in [-0.3, -0.25) is 19.1 Å². The van der Waals surface area contributed by atoms with Crippen LogP contribution in [-0.2, 0) is 11.3 Å². The van der Waals surface area contributed by atoms with E-state index >= 15 is 0 Å². The van der Waals surface area contributed by atoms with Crippen LogP contribution in [0.4, 0.5) is 5.69 Å². The molecule has 1 amide bonds. The molecule has 0 aliphatic carbocycles. The van der Waals surface area contributed by atoms with Crippen LogP contribution in [0.5, 0.6) is 5.88 Å². The van der Waals surface area contributed by atoms with Crippen LogP contribution in [0.3, 0.4) is 0 Å². The predicted octanol–water partition coefficient (Wildman–Crippen LogP) is 3.22. The normalized spacial score (nSPS) is 15.1. The Labute approximate surface area is 209 Å². The summed E-state index contributed by atoms with van der Waals surface area (Å²) in [7, 11) is 0. The van der Waals surface area contributed by atoms with Gasteiger partial charge in [-0.05, 0) is 37.1 Å². The fourth-order valence-corrected chi connectivity index (χ4v) is 4.54. The number of hydrogen-bond donors (Lipinski definition) is 2. The van der Waals surface area contributed by atoms with Gasteiger partial charge >= 0.3 is 5.69 Å². The Morgan fingerprint density at radius 2 is 1.72 bits per heavy atom. The molecule has 36 heavy (non-hydrogen) atoms. The maximum Gasteiger partial charge on any atom is 0.331 e. The zero-order valence-electron chi connectivity index (χ0n) is 20.8. The van der Waals surface area contributed by atoms with Crippen LogP contribution in [0.15, 0.2) is 69.3 Å². The summed E-state index contributed by atoms with van der Waals surface area (Å²) >= 11 is 0. The van der Waals surface area contributed by atoms with Gasteiger partial charge in [-0.25, -0.2) is 9.80 Å². The topological polar surface area (TPSA) is 111 Å². The zero-order valence-corrected chi connectivity index (χ0v) is 20.8. The summed E-state index contributed by atoms with van der Waals surface area (Å²) in [5, 5.41) is 16.9. The molecule has 2 aromatic carbocycles. The molecule has 0 bridgehead atoms. The quantitative estimate of drug-likeness (QED) is 0.505. The van der Waals surface area contributed by atoms with E-state index < -0.39 is 23.2 Å². The van der Waals surface area contributed by atoms with Crippen molar-refractivity contribution < 1.29 is 9.90 Å². The van der Waals surface area contributed by atoms with Crippen molar-refractivity contribution in [3.8, 4) is 5.88 Å². The maximum atomic E-state index is 12.8. The minimum absolute atomic E-state index is 0.0798. The van der Waals surface area contributed by atoms with Crippen molar-refractivity contribution >= 4 is 17.3 Å². The average Bonchev–Trinajstić information content (AvgIpc) is 3.32. The lowest BCUT2D eigenvalue weighted by Crippen LogP contribution is -2.34. The van der Waals surface area contributed by atoms with Gasteiger partial charge in [0.25, 0.3) is 5.56 Å². The minimum Gasteiger partial charge on any atom is -0.494 e. The second-order valence-corrected chi connectivity index (χ2v) is 8.65. The van der Waals surface area contributed by atoms with E-state index in [1.54, 1.807) is 6.92 Å².